The Morgan fingerprint density at radius 1 is 0.931 bits per heavy atom. The number of hydrogen-bond acceptors (Lipinski definition) is 7. The summed E-state index contributed by atoms with van der Waals surface area (Å²) in [5.41, 5.74) is 2.37. The van der Waals surface area contributed by atoms with Crippen LogP contribution in [-0.4, -0.2) is 29.2 Å². The highest BCUT2D eigenvalue weighted by molar-refractivity contribution is 6.04. The normalized spacial score (nSPS) is 10.5. The molecule has 29 heavy (non-hydrogen) atoms. The molecule has 4 rings (SSSR count). The number of amides is 1. The molecule has 0 aliphatic rings. The van der Waals surface area contributed by atoms with E-state index in [1.165, 1.54) is 13.4 Å². The van der Waals surface area contributed by atoms with E-state index < -0.39 is 11.9 Å². The number of esters is 1. The summed E-state index contributed by atoms with van der Waals surface area (Å²) in [5.74, 6) is -0.265. The average molecular weight is 389 g/mol. The van der Waals surface area contributed by atoms with E-state index in [9.17, 15) is 9.59 Å². The smallest absolute Gasteiger partial charge is 0.337 e. The molecular formula is C21H15N3O5. The quantitative estimate of drug-likeness (QED) is 0.513. The molecule has 0 aliphatic carbocycles. The lowest BCUT2D eigenvalue weighted by Gasteiger charge is -2.07. The van der Waals surface area contributed by atoms with E-state index in [-0.39, 0.29) is 11.9 Å². The van der Waals surface area contributed by atoms with Gasteiger partial charge in [-0.1, -0.05) is 29.4 Å². The van der Waals surface area contributed by atoms with Crippen LogP contribution in [0.15, 0.2) is 75.8 Å². The minimum atomic E-state index is -0.426. The molecular weight excluding hydrogens is 374 g/mol. The Kier molecular flexibility index (Phi) is 4.90. The predicted octanol–water partition coefficient (Wildman–Crippen LogP) is 4.04. The van der Waals surface area contributed by atoms with Gasteiger partial charge in [0, 0.05) is 5.56 Å². The van der Waals surface area contributed by atoms with E-state index in [4.69, 9.17) is 13.6 Å². The van der Waals surface area contributed by atoms with Crippen LogP contribution < -0.4 is 5.32 Å². The zero-order valence-corrected chi connectivity index (χ0v) is 15.3. The SMILES string of the molecule is COC(=O)c1cccc(-c2cccc(C(=O)Nc3nnc(-c4ccco4)o3)c2)c1. The summed E-state index contributed by atoms with van der Waals surface area (Å²) in [6.07, 6.45) is 1.48. The number of carbonyl (C=O) groups excluding carboxylic acids is 2. The first-order valence-electron chi connectivity index (χ1n) is 8.61. The molecule has 2 aromatic heterocycles. The van der Waals surface area contributed by atoms with E-state index in [1.54, 1.807) is 48.5 Å². The van der Waals surface area contributed by atoms with Crippen molar-refractivity contribution in [2.45, 2.75) is 0 Å². The molecule has 2 aromatic carbocycles. The minimum Gasteiger partial charge on any atom is -0.465 e. The molecule has 4 aromatic rings. The number of ether oxygens (including phenoxy) is 1. The minimum absolute atomic E-state index is 0.0421. The summed E-state index contributed by atoms with van der Waals surface area (Å²) in [7, 11) is 1.33. The van der Waals surface area contributed by atoms with Crippen molar-refractivity contribution in [2.75, 3.05) is 12.4 Å². The molecule has 0 saturated heterocycles. The number of carbonyl (C=O) groups is 2. The Morgan fingerprint density at radius 3 is 2.34 bits per heavy atom. The molecule has 0 atom stereocenters. The van der Waals surface area contributed by atoms with Gasteiger partial charge in [-0.25, -0.2) is 4.79 Å². The Balaban J connectivity index is 1.54. The van der Waals surface area contributed by atoms with Crippen LogP contribution in [0.1, 0.15) is 20.7 Å². The van der Waals surface area contributed by atoms with Crippen LogP contribution in [0.3, 0.4) is 0 Å². The van der Waals surface area contributed by atoms with Crippen molar-refractivity contribution < 1.29 is 23.2 Å². The number of rotatable bonds is 5. The fourth-order valence-corrected chi connectivity index (χ4v) is 2.73. The second-order valence-electron chi connectivity index (χ2n) is 6.00. The lowest BCUT2D eigenvalue weighted by Crippen LogP contribution is -2.12. The number of furan rings is 1. The first kappa shape index (κ1) is 18.2. The summed E-state index contributed by atoms with van der Waals surface area (Å²) in [5, 5.41) is 10.2. The van der Waals surface area contributed by atoms with Crippen LogP contribution in [0.25, 0.3) is 22.8 Å². The maximum absolute atomic E-state index is 12.6. The van der Waals surface area contributed by atoms with Gasteiger partial charge in [-0.2, -0.15) is 0 Å². The van der Waals surface area contributed by atoms with Gasteiger partial charge < -0.3 is 13.6 Å². The van der Waals surface area contributed by atoms with Crippen LogP contribution >= 0.6 is 0 Å². The third-order valence-corrected chi connectivity index (χ3v) is 4.12. The van der Waals surface area contributed by atoms with E-state index >= 15 is 0 Å². The summed E-state index contributed by atoms with van der Waals surface area (Å²) in [6.45, 7) is 0. The number of benzene rings is 2. The number of anilines is 1. The fourth-order valence-electron chi connectivity index (χ4n) is 2.73. The van der Waals surface area contributed by atoms with Gasteiger partial charge in [0.05, 0.1) is 18.9 Å². The largest absolute Gasteiger partial charge is 0.465 e. The number of nitrogens with one attached hydrogen (secondary N) is 1. The molecule has 1 amide bonds. The van der Waals surface area contributed by atoms with Crippen LogP contribution in [0.5, 0.6) is 0 Å². The molecule has 0 radical (unpaired) electrons. The average Bonchev–Trinajstić information content (AvgIpc) is 3.45. The van der Waals surface area contributed by atoms with Crippen LogP contribution in [-0.2, 0) is 4.74 Å². The van der Waals surface area contributed by atoms with Crippen molar-refractivity contribution >= 4 is 17.9 Å². The van der Waals surface area contributed by atoms with Gasteiger partial charge in [-0.05, 0) is 47.5 Å². The van der Waals surface area contributed by atoms with Crippen molar-refractivity contribution in [1.29, 1.82) is 0 Å². The van der Waals surface area contributed by atoms with Crippen LogP contribution in [0.2, 0.25) is 0 Å². The topological polar surface area (TPSA) is 107 Å². The number of nitrogens with zero attached hydrogens (tertiary/aromatic N) is 2. The lowest BCUT2D eigenvalue weighted by atomic mass is 10.0. The standard InChI is InChI=1S/C21H15N3O5/c1-27-20(26)16-8-3-6-14(12-16)13-5-2-7-15(11-13)18(25)22-21-24-23-19(29-21)17-9-4-10-28-17/h2-12H,1H3,(H,22,24,25). The van der Waals surface area contributed by atoms with Gasteiger partial charge >= 0.3 is 12.0 Å². The van der Waals surface area contributed by atoms with Gasteiger partial charge in [0.2, 0.25) is 0 Å². The monoisotopic (exact) mass is 389 g/mol. The van der Waals surface area contributed by atoms with Crippen molar-refractivity contribution in [3.8, 4) is 22.8 Å². The summed E-state index contributed by atoms with van der Waals surface area (Å²) in [6, 6.07) is 17.2. The van der Waals surface area contributed by atoms with Gasteiger partial charge in [-0.15, -0.1) is 5.10 Å². The number of aromatic nitrogens is 2. The van der Waals surface area contributed by atoms with Crippen molar-refractivity contribution in [3.05, 3.63) is 78.1 Å². The van der Waals surface area contributed by atoms with Crippen LogP contribution in [0, 0.1) is 0 Å². The first-order chi connectivity index (χ1) is 14.1. The number of methoxy groups -OCH3 is 1. The highest BCUT2D eigenvalue weighted by atomic mass is 16.5. The third-order valence-electron chi connectivity index (χ3n) is 4.12. The maximum atomic E-state index is 12.6. The third kappa shape index (κ3) is 3.91. The molecule has 0 saturated carbocycles. The predicted molar refractivity (Wildman–Crippen MR) is 103 cm³/mol. The maximum Gasteiger partial charge on any atom is 0.337 e. The van der Waals surface area contributed by atoms with Gasteiger partial charge in [0.25, 0.3) is 11.8 Å². The van der Waals surface area contributed by atoms with Crippen molar-refractivity contribution in [1.82, 2.24) is 10.2 Å². The van der Waals surface area contributed by atoms with Gasteiger partial charge in [-0.3, -0.25) is 10.1 Å². The highest BCUT2D eigenvalue weighted by Crippen LogP contribution is 2.23. The molecule has 0 fully saturated rings. The van der Waals surface area contributed by atoms with E-state index in [0.717, 1.165) is 11.1 Å². The molecule has 144 valence electrons. The zero-order chi connectivity index (χ0) is 20.2. The molecule has 0 aliphatic heterocycles. The summed E-state index contributed by atoms with van der Waals surface area (Å²) >= 11 is 0. The number of hydrogen-bond donors (Lipinski definition) is 1. The van der Waals surface area contributed by atoms with Gasteiger partial charge in [0.15, 0.2) is 5.76 Å². The molecule has 8 heteroatoms. The Hall–Kier alpha value is -4.20. The van der Waals surface area contributed by atoms with Crippen molar-refractivity contribution in [2.24, 2.45) is 0 Å². The molecule has 8 nitrogen and oxygen atoms in total. The fraction of sp³-hybridized carbons (Fsp3) is 0.0476. The zero-order valence-electron chi connectivity index (χ0n) is 15.3. The van der Waals surface area contributed by atoms with Crippen molar-refractivity contribution in [3.63, 3.8) is 0 Å². The van der Waals surface area contributed by atoms with Gasteiger partial charge in [0.1, 0.15) is 0 Å². The van der Waals surface area contributed by atoms with E-state index in [2.05, 4.69) is 15.5 Å². The molecule has 0 spiro atoms. The highest BCUT2D eigenvalue weighted by Gasteiger charge is 2.15. The Bertz CT molecular complexity index is 1160. The Labute approximate surface area is 165 Å². The van der Waals surface area contributed by atoms with E-state index in [1.807, 2.05) is 12.1 Å². The first-order valence-corrected chi connectivity index (χ1v) is 8.61. The molecule has 2 heterocycles. The second kappa shape index (κ2) is 7.81. The summed E-state index contributed by atoms with van der Waals surface area (Å²) < 4.78 is 15.3. The van der Waals surface area contributed by atoms with Crippen LogP contribution in [0.4, 0.5) is 6.01 Å². The molecule has 0 unspecified atom stereocenters. The second-order valence-corrected chi connectivity index (χ2v) is 6.00. The molecule has 1 N–H and O–H groups in total. The molecule has 0 bridgehead atoms. The van der Waals surface area contributed by atoms with E-state index in [0.29, 0.717) is 16.9 Å². The summed E-state index contributed by atoms with van der Waals surface area (Å²) in [4.78, 5) is 24.3. The Morgan fingerprint density at radius 2 is 1.66 bits per heavy atom. The lowest BCUT2D eigenvalue weighted by molar-refractivity contribution is 0.0600.